The summed E-state index contributed by atoms with van der Waals surface area (Å²) < 4.78 is 1.75. The number of anilines is 1. The summed E-state index contributed by atoms with van der Waals surface area (Å²) in [7, 11) is 0. The molecule has 0 saturated carbocycles. The number of non-ortho nitro benzene ring substituents is 1. The number of hydrogen-bond acceptors (Lipinski definition) is 7. The topological polar surface area (TPSA) is 103 Å². The van der Waals surface area contributed by atoms with Crippen molar-refractivity contribution in [2.45, 2.75) is 57.7 Å². The molecule has 0 radical (unpaired) electrons. The van der Waals surface area contributed by atoms with Gasteiger partial charge in [-0.1, -0.05) is 39.0 Å². The molecule has 0 unspecified atom stereocenters. The van der Waals surface area contributed by atoms with Gasteiger partial charge >= 0.3 is 0 Å². The standard InChI is InChI=1S/C21H25N5O3S/c1-4-5-10-30-20-23-19-22-15-11-21(2,3)12-16(27)17(15)18(25(19)24-20)13-6-8-14(9-7-13)26(28)29/h6-9,18H,4-5,10-12H2,1-3H3,(H,22,23,24)/t18-/m0/s1. The van der Waals surface area contributed by atoms with E-state index in [2.05, 4.69) is 36.2 Å². The third-order valence-corrected chi connectivity index (χ3v) is 6.39. The highest BCUT2D eigenvalue weighted by Crippen LogP contribution is 2.45. The summed E-state index contributed by atoms with van der Waals surface area (Å²) >= 11 is 1.60. The van der Waals surface area contributed by atoms with E-state index in [0.29, 0.717) is 23.1 Å². The van der Waals surface area contributed by atoms with Crippen molar-refractivity contribution < 1.29 is 9.72 Å². The maximum absolute atomic E-state index is 13.2. The van der Waals surface area contributed by atoms with Crippen molar-refractivity contribution in [3.05, 3.63) is 51.2 Å². The van der Waals surface area contributed by atoms with Gasteiger partial charge in [0.25, 0.3) is 5.69 Å². The monoisotopic (exact) mass is 427 g/mol. The first-order chi connectivity index (χ1) is 14.3. The van der Waals surface area contributed by atoms with E-state index in [9.17, 15) is 14.9 Å². The highest BCUT2D eigenvalue weighted by atomic mass is 32.2. The second-order valence-electron chi connectivity index (χ2n) is 8.57. The fourth-order valence-electron chi connectivity index (χ4n) is 4.04. The quantitative estimate of drug-likeness (QED) is 0.307. The fraction of sp³-hybridized carbons (Fsp3) is 0.476. The Morgan fingerprint density at radius 1 is 1.30 bits per heavy atom. The number of carbonyl (C=O) groups excluding carboxylic acids is 1. The van der Waals surface area contributed by atoms with Crippen LogP contribution in [0.3, 0.4) is 0 Å². The number of aromatic nitrogens is 3. The number of carbonyl (C=O) groups is 1. The highest BCUT2D eigenvalue weighted by Gasteiger charge is 2.41. The molecule has 30 heavy (non-hydrogen) atoms. The average Bonchev–Trinajstić information content (AvgIpc) is 3.08. The summed E-state index contributed by atoms with van der Waals surface area (Å²) in [5.41, 5.74) is 2.24. The number of thioether (sulfide) groups is 1. The Balaban J connectivity index is 1.78. The molecule has 4 rings (SSSR count). The largest absolute Gasteiger partial charge is 0.328 e. The molecule has 2 aromatic rings. The minimum absolute atomic E-state index is 0.0209. The van der Waals surface area contributed by atoms with Gasteiger partial charge in [-0.15, -0.1) is 5.10 Å². The van der Waals surface area contributed by atoms with Crippen molar-refractivity contribution in [2.75, 3.05) is 11.1 Å². The number of ketones is 1. The molecule has 9 heteroatoms. The molecule has 0 saturated heterocycles. The summed E-state index contributed by atoms with van der Waals surface area (Å²) in [6.45, 7) is 6.31. The van der Waals surface area contributed by atoms with E-state index in [0.717, 1.165) is 36.3 Å². The summed E-state index contributed by atoms with van der Waals surface area (Å²) in [6, 6.07) is 5.93. The van der Waals surface area contributed by atoms with Gasteiger partial charge in [-0.25, -0.2) is 4.68 Å². The van der Waals surface area contributed by atoms with Gasteiger partial charge in [-0.2, -0.15) is 4.98 Å². The first-order valence-electron chi connectivity index (χ1n) is 10.2. The smallest absolute Gasteiger partial charge is 0.269 e. The van der Waals surface area contributed by atoms with Crippen LogP contribution in [0.2, 0.25) is 0 Å². The van der Waals surface area contributed by atoms with Gasteiger partial charge in [-0.3, -0.25) is 14.9 Å². The van der Waals surface area contributed by atoms with Crippen LogP contribution in [-0.2, 0) is 4.79 Å². The van der Waals surface area contributed by atoms with E-state index >= 15 is 0 Å². The number of rotatable bonds is 6. The van der Waals surface area contributed by atoms with E-state index < -0.39 is 11.0 Å². The van der Waals surface area contributed by atoms with Crippen molar-refractivity contribution in [3.63, 3.8) is 0 Å². The second kappa shape index (κ2) is 7.86. The van der Waals surface area contributed by atoms with E-state index in [4.69, 9.17) is 0 Å². The Bertz CT molecular complexity index is 1030. The number of nitrogens with zero attached hydrogens (tertiary/aromatic N) is 4. The molecule has 0 bridgehead atoms. The Morgan fingerprint density at radius 3 is 2.70 bits per heavy atom. The zero-order chi connectivity index (χ0) is 21.5. The molecule has 0 spiro atoms. The van der Waals surface area contributed by atoms with Crippen LogP contribution in [0.15, 0.2) is 40.7 Å². The van der Waals surface area contributed by atoms with Gasteiger partial charge in [0.2, 0.25) is 11.1 Å². The second-order valence-corrected chi connectivity index (χ2v) is 9.64. The van der Waals surface area contributed by atoms with Crippen molar-refractivity contribution >= 4 is 29.2 Å². The number of benzene rings is 1. The number of nitrogens with one attached hydrogen (secondary N) is 1. The molecular weight excluding hydrogens is 402 g/mol. The minimum atomic E-state index is -0.436. The fourth-order valence-corrected chi connectivity index (χ4v) is 4.96. The Kier molecular flexibility index (Phi) is 5.40. The van der Waals surface area contributed by atoms with Crippen LogP contribution >= 0.6 is 11.8 Å². The van der Waals surface area contributed by atoms with Crippen LogP contribution in [0.4, 0.5) is 11.6 Å². The van der Waals surface area contributed by atoms with Crippen molar-refractivity contribution in [2.24, 2.45) is 5.41 Å². The predicted molar refractivity (Wildman–Crippen MR) is 116 cm³/mol. The average molecular weight is 428 g/mol. The lowest BCUT2D eigenvalue weighted by atomic mass is 9.73. The van der Waals surface area contributed by atoms with Crippen molar-refractivity contribution in [3.8, 4) is 0 Å². The molecule has 1 aromatic carbocycles. The molecule has 1 aromatic heterocycles. The number of Topliss-reactive ketones (excluding diaryl/α,β-unsaturated/α-hetero) is 1. The van der Waals surface area contributed by atoms with Gasteiger partial charge in [0, 0.05) is 35.6 Å². The molecule has 8 nitrogen and oxygen atoms in total. The van der Waals surface area contributed by atoms with Gasteiger partial charge in [0.15, 0.2) is 5.78 Å². The number of hydrogen-bond donors (Lipinski definition) is 1. The number of allylic oxidation sites excluding steroid dienone is 2. The van der Waals surface area contributed by atoms with Crippen molar-refractivity contribution in [1.29, 1.82) is 0 Å². The van der Waals surface area contributed by atoms with Crippen LogP contribution < -0.4 is 5.32 Å². The maximum atomic E-state index is 13.2. The number of unbranched alkanes of at least 4 members (excludes halogenated alkanes) is 1. The lowest BCUT2D eigenvalue weighted by Crippen LogP contribution is -2.36. The van der Waals surface area contributed by atoms with Crippen LogP contribution in [-0.4, -0.2) is 31.2 Å². The summed E-state index contributed by atoms with van der Waals surface area (Å²) in [6.07, 6.45) is 3.38. The molecule has 2 aliphatic rings. The van der Waals surface area contributed by atoms with Crippen LogP contribution in [0, 0.1) is 15.5 Å². The highest BCUT2D eigenvalue weighted by molar-refractivity contribution is 7.99. The Labute approximate surface area is 179 Å². The summed E-state index contributed by atoms with van der Waals surface area (Å²) in [4.78, 5) is 28.5. The van der Waals surface area contributed by atoms with E-state index in [1.807, 2.05) is 0 Å². The summed E-state index contributed by atoms with van der Waals surface area (Å²) in [5.74, 6) is 1.63. The molecule has 1 aliphatic carbocycles. The molecule has 158 valence electrons. The first-order valence-corrected chi connectivity index (χ1v) is 11.1. The third kappa shape index (κ3) is 3.86. The lowest BCUT2D eigenvalue weighted by Gasteiger charge is -2.38. The van der Waals surface area contributed by atoms with Gasteiger partial charge < -0.3 is 5.32 Å². The molecule has 0 fully saturated rings. The number of nitro benzene ring substituents is 1. The molecule has 1 atom stereocenters. The Morgan fingerprint density at radius 2 is 2.03 bits per heavy atom. The zero-order valence-corrected chi connectivity index (χ0v) is 18.2. The van der Waals surface area contributed by atoms with E-state index in [1.54, 1.807) is 28.6 Å². The van der Waals surface area contributed by atoms with Gasteiger partial charge in [0.05, 0.1) is 4.92 Å². The normalized spacial score (nSPS) is 19.8. The Hall–Kier alpha value is -2.68. The van der Waals surface area contributed by atoms with E-state index in [-0.39, 0.29) is 16.9 Å². The minimum Gasteiger partial charge on any atom is -0.328 e. The van der Waals surface area contributed by atoms with Crippen LogP contribution in [0.25, 0.3) is 0 Å². The maximum Gasteiger partial charge on any atom is 0.269 e. The molecule has 0 amide bonds. The van der Waals surface area contributed by atoms with Crippen LogP contribution in [0.5, 0.6) is 0 Å². The molecule has 1 N–H and O–H groups in total. The number of nitro groups is 1. The summed E-state index contributed by atoms with van der Waals surface area (Å²) in [5, 5.41) is 19.8. The molecular formula is C21H25N5O3S. The molecule has 2 heterocycles. The van der Waals surface area contributed by atoms with Gasteiger partial charge in [0.1, 0.15) is 6.04 Å². The third-order valence-electron chi connectivity index (χ3n) is 5.46. The predicted octanol–water partition coefficient (Wildman–Crippen LogP) is 4.74. The SMILES string of the molecule is CCCCSc1nc2n(n1)[C@@H](c1ccc([N+](=O)[O-])cc1)C1=C(CC(C)(C)CC1=O)N2. The number of fused-ring (bicyclic) bond motifs is 1. The van der Waals surface area contributed by atoms with E-state index in [1.165, 1.54) is 12.1 Å². The lowest BCUT2D eigenvalue weighted by molar-refractivity contribution is -0.384. The van der Waals surface area contributed by atoms with Gasteiger partial charge in [-0.05, 0) is 36.0 Å². The van der Waals surface area contributed by atoms with Crippen LogP contribution in [0.1, 0.15) is 58.1 Å². The first kappa shape index (κ1) is 20.6. The molecule has 1 aliphatic heterocycles. The van der Waals surface area contributed by atoms with Crippen molar-refractivity contribution in [1.82, 2.24) is 14.8 Å². The zero-order valence-electron chi connectivity index (χ0n) is 17.3.